The van der Waals surface area contributed by atoms with Crippen molar-refractivity contribution in [3.05, 3.63) is 48.8 Å². The van der Waals surface area contributed by atoms with Gasteiger partial charge in [0.05, 0.1) is 0 Å². The normalized spacial score (nSPS) is 23.2. The Balaban J connectivity index is 1.70. The zero-order valence-corrected chi connectivity index (χ0v) is 11.1. The van der Waals surface area contributed by atoms with E-state index in [9.17, 15) is 0 Å². The number of hydrogen-bond donors (Lipinski definition) is 2. The summed E-state index contributed by atoms with van der Waals surface area (Å²) >= 11 is 0. The summed E-state index contributed by atoms with van der Waals surface area (Å²) in [7, 11) is 0. The van der Waals surface area contributed by atoms with E-state index in [1.54, 1.807) is 0 Å². The number of aromatic nitrogens is 1. The van der Waals surface area contributed by atoms with Gasteiger partial charge in [-0.1, -0.05) is 6.07 Å². The lowest BCUT2D eigenvalue weighted by Crippen LogP contribution is -2.32. The summed E-state index contributed by atoms with van der Waals surface area (Å²) in [4.78, 5) is 0. The molecule has 1 aromatic carbocycles. The maximum Gasteiger partial charge on any atom is 0.0469 e. The van der Waals surface area contributed by atoms with Crippen LogP contribution in [0, 0.1) is 0 Å². The Morgan fingerprint density at radius 2 is 1.74 bits per heavy atom. The summed E-state index contributed by atoms with van der Waals surface area (Å²) in [5.74, 6) is 0. The van der Waals surface area contributed by atoms with Gasteiger partial charge in [-0.15, -0.1) is 0 Å². The first-order valence-corrected chi connectivity index (χ1v) is 7.07. The first-order valence-electron chi connectivity index (χ1n) is 7.07. The van der Waals surface area contributed by atoms with Gasteiger partial charge in [-0.05, 0) is 56.0 Å². The minimum Gasteiger partial charge on any atom is -0.382 e. The molecule has 0 saturated heterocycles. The summed E-state index contributed by atoms with van der Waals surface area (Å²) < 4.78 is 2.13. The molecule has 1 aliphatic rings. The van der Waals surface area contributed by atoms with Crippen LogP contribution in [0.25, 0.3) is 5.69 Å². The van der Waals surface area contributed by atoms with Crippen LogP contribution in [0.2, 0.25) is 0 Å². The molecule has 19 heavy (non-hydrogen) atoms. The minimum atomic E-state index is 0.407. The molecule has 3 N–H and O–H groups in total. The maximum atomic E-state index is 5.95. The molecule has 2 aromatic rings. The average Bonchev–Trinajstić information content (AvgIpc) is 2.96. The van der Waals surface area contributed by atoms with Gasteiger partial charge in [0.1, 0.15) is 0 Å². The quantitative estimate of drug-likeness (QED) is 0.884. The van der Waals surface area contributed by atoms with Crippen molar-refractivity contribution >= 4 is 5.69 Å². The summed E-state index contributed by atoms with van der Waals surface area (Å²) in [5, 5.41) is 3.63. The van der Waals surface area contributed by atoms with Crippen LogP contribution in [0.5, 0.6) is 0 Å². The predicted octanol–water partition coefficient (Wildman–Crippen LogP) is 3.16. The number of nitrogens with two attached hydrogens (primary N) is 1. The molecule has 3 heteroatoms. The number of hydrogen-bond acceptors (Lipinski definition) is 2. The lowest BCUT2D eigenvalue weighted by Gasteiger charge is -2.27. The van der Waals surface area contributed by atoms with Gasteiger partial charge >= 0.3 is 0 Å². The summed E-state index contributed by atoms with van der Waals surface area (Å²) in [6.07, 6.45) is 8.76. The molecule has 1 aliphatic carbocycles. The van der Waals surface area contributed by atoms with Crippen molar-refractivity contribution in [1.29, 1.82) is 0 Å². The van der Waals surface area contributed by atoms with Gasteiger partial charge in [0, 0.05) is 35.9 Å². The molecule has 1 aromatic heterocycles. The van der Waals surface area contributed by atoms with Gasteiger partial charge in [0.25, 0.3) is 0 Å². The Kier molecular flexibility index (Phi) is 3.56. The van der Waals surface area contributed by atoms with E-state index in [2.05, 4.69) is 46.5 Å². The smallest absolute Gasteiger partial charge is 0.0469 e. The van der Waals surface area contributed by atoms with Crippen molar-refractivity contribution < 1.29 is 0 Å². The van der Waals surface area contributed by atoms with E-state index in [1.165, 1.54) is 24.2 Å². The van der Waals surface area contributed by atoms with Crippen LogP contribution in [-0.4, -0.2) is 16.7 Å². The monoisotopic (exact) mass is 255 g/mol. The first kappa shape index (κ1) is 12.3. The second-order valence-electron chi connectivity index (χ2n) is 5.40. The van der Waals surface area contributed by atoms with Crippen LogP contribution >= 0.6 is 0 Å². The van der Waals surface area contributed by atoms with E-state index >= 15 is 0 Å². The molecule has 0 atom stereocenters. The molecule has 0 amide bonds. The largest absolute Gasteiger partial charge is 0.382 e. The lowest BCUT2D eigenvalue weighted by atomic mass is 9.91. The van der Waals surface area contributed by atoms with Crippen LogP contribution in [-0.2, 0) is 0 Å². The molecule has 0 radical (unpaired) electrons. The van der Waals surface area contributed by atoms with Crippen molar-refractivity contribution in [1.82, 2.24) is 4.57 Å². The van der Waals surface area contributed by atoms with Crippen LogP contribution in [0.4, 0.5) is 5.69 Å². The SMILES string of the molecule is NC1CCC(Nc2cccc(-n3cccc3)c2)CC1. The molecule has 1 fully saturated rings. The lowest BCUT2D eigenvalue weighted by molar-refractivity contribution is 0.411. The van der Waals surface area contributed by atoms with E-state index in [0.717, 1.165) is 12.8 Å². The molecule has 1 heterocycles. The van der Waals surface area contributed by atoms with Gasteiger partial charge < -0.3 is 15.6 Å². The summed E-state index contributed by atoms with van der Waals surface area (Å²) in [6.45, 7) is 0. The first-order chi connectivity index (χ1) is 9.31. The van der Waals surface area contributed by atoms with Crippen LogP contribution in [0.1, 0.15) is 25.7 Å². The number of nitrogens with zero attached hydrogens (tertiary/aromatic N) is 1. The van der Waals surface area contributed by atoms with Gasteiger partial charge in [-0.3, -0.25) is 0 Å². The van der Waals surface area contributed by atoms with E-state index in [0.29, 0.717) is 12.1 Å². The highest BCUT2D eigenvalue weighted by molar-refractivity contribution is 5.51. The Bertz CT molecular complexity index is 511. The molecular formula is C16H21N3. The van der Waals surface area contributed by atoms with E-state index in [4.69, 9.17) is 5.73 Å². The molecule has 0 spiro atoms. The molecule has 3 nitrogen and oxygen atoms in total. The fourth-order valence-corrected chi connectivity index (χ4v) is 2.76. The topological polar surface area (TPSA) is 43.0 Å². The van der Waals surface area contributed by atoms with Gasteiger partial charge in [0.2, 0.25) is 0 Å². The molecule has 3 rings (SSSR count). The zero-order valence-electron chi connectivity index (χ0n) is 11.1. The van der Waals surface area contributed by atoms with Gasteiger partial charge in [0.15, 0.2) is 0 Å². The third-order valence-electron chi connectivity index (χ3n) is 3.89. The third kappa shape index (κ3) is 2.99. The fourth-order valence-electron chi connectivity index (χ4n) is 2.76. The van der Waals surface area contributed by atoms with Crippen molar-refractivity contribution in [2.75, 3.05) is 5.32 Å². The highest BCUT2D eigenvalue weighted by atomic mass is 15.0. The number of anilines is 1. The maximum absolute atomic E-state index is 5.95. The summed E-state index contributed by atoms with van der Waals surface area (Å²) in [6, 6.07) is 13.6. The number of benzene rings is 1. The van der Waals surface area contributed by atoms with Crippen LogP contribution < -0.4 is 11.1 Å². The van der Waals surface area contributed by atoms with E-state index in [-0.39, 0.29) is 0 Å². The molecular weight excluding hydrogens is 234 g/mol. The second kappa shape index (κ2) is 5.49. The minimum absolute atomic E-state index is 0.407. The van der Waals surface area contributed by atoms with Crippen molar-refractivity contribution in [3.8, 4) is 5.69 Å². The van der Waals surface area contributed by atoms with Crippen molar-refractivity contribution in [2.24, 2.45) is 5.73 Å². The molecule has 0 bridgehead atoms. The predicted molar refractivity (Wildman–Crippen MR) is 79.6 cm³/mol. The van der Waals surface area contributed by atoms with E-state index in [1.807, 2.05) is 12.1 Å². The number of rotatable bonds is 3. The molecule has 1 saturated carbocycles. The van der Waals surface area contributed by atoms with Crippen LogP contribution in [0.3, 0.4) is 0 Å². The van der Waals surface area contributed by atoms with Gasteiger partial charge in [-0.25, -0.2) is 0 Å². The Hall–Kier alpha value is -1.74. The zero-order chi connectivity index (χ0) is 13.1. The average molecular weight is 255 g/mol. The van der Waals surface area contributed by atoms with Crippen LogP contribution in [0.15, 0.2) is 48.8 Å². The number of nitrogens with one attached hydrogen (secondary N) is 1. The van der Waals surface area contributed by atoms with Crippen molar-refractivity contribution in [3.63, 3.8) is 0 Å². The molecule has 100 valence electrons. The van der Waals surface area contributed by atoms with E-state index < -0.39 is 0 Å². The Morgan fingerprint density at radius 3 is 2.47 bits per heavy atom. The van der Waals surface area contributed by atoms with Gasteiger partial charge in [-0.2, -0.15) is 0 Å². The standard InChI is InChI=1S/C16H21N3/c17-13-6-8-14(9-7-13)18-15-4-3-5-16(12-15)19-10-1-2-11-19/h1-5,10-14,18H,6-9,17H2. The highest BCUT2D eigenvalue weighted by Gasteiger charge is 2.18. The Labute approximate surface area is 114 Å². The summed E-state index contributed by atoms with van der Waals surface area (Å²) in [5.41, 5.74) is 8.34. The Morgan fingerprint density at radius 1 is 1.00 bits per heavy atom. The second-order valence-corrected chi connectivity index (χ2v) is 5.40. The fraction of sp³-hybridized carbons (Fsp3) is 0.375. The molecule has 0 unspecified atom stereocenters. The van der Waals surface area contributed by atoms with Crippen molar-refractivity contribution in [2.45, 2.75) is 37.8 Å². The molecule has 0 aliphatic heterocycles. The highest BCUT2D eigenvalue weighted by Crippen LogP contribution is 2.22. The third-order valence-corrected chi connectivity index (χ3v) is 3.89.